The number of carbonyl (C=O) groups excluding carboxylic acids is 2. The van der Waals surface area contributed by atoms with Gasteiger partial charge in [0, 0.05) is 23.2 Å². The van der Waals surface area contributed by atoms with Gasteiger partial charge < -0.3 is 5.32 Å². The maximum Gasteiger partial charge on any atom is 0.240 e. The molecule has 0 saturated heterocycles. The Morgan fingerprint density at radius 2 is 1.68 bits per heavy atom. The van der Waals surface area contributed by atoms with Crippen LogP contribution in [0.3, 0.4) is 0 Å². The Morgan fingerprint density at radius 1 is 1.03 bits per heavy atom. The van der Waals surface area contributed by atoms with Crippen molar-refractivity contribution < 1.29 is 14.0 Å². The number of nitrogens with one attached hydrogen (secondary N) is 1. The Hall–Kier alpha value is -3.91. The highest BCUT2D eigenvalue weighted by Crippen LogP contribution is 2.48. The highest BCUT2D eigenvalue weighted by atomic mass is 32.2. The average molecular weight is 529 g/mol. The number of benzene rings is 3. The number of rotatable bonds is 7. The van der Waals surface area contributed by atoms with E-state index in [1.807, 2.05) is 74.5 Å². The lowest BCUT2D eigenvalue weighted by Crippen LogP contribution is -2.43. The Balaban J connectivity index is 1.76. The van der Waals surface area contributed by atoms with Gasteiger partial charge in [-0.15, -0.1) is 11.8 Å². The molecule has 2 amide bonds. The van der Waals surface area contributed by atoms with E-state index in [9.17, 15) is 9.59 Å². The number of amides is 2. The number of anilines is 1. The molecule has 3 aromatic carbocycles. The lowest BCUT2D eigenvalue weighted by Gasteiger charge is -2.23. The van der Waals surface area contributed by atoms with Crippen LogP contribution in [0.1, 0.15) is 30.2 Å². The molecule has 1 aliphatic rings. The van der Waals surface area contributed by atoms with Crippen LogP contribution in [0.25, 0.3) is 16.9 Å². The molecule has 1 aliphatic heterocycles. The summed E-state index contributed by atoms with van der Waals surface area (Å²) < 4.78 is 17.0. The van der Waals surface area contributed by atoms with Gasteiger partial charge in [0.15, 0.2) is 0 Å². The molecular weight excluding hydrogens is 499 g/mol. The minimum absolute atomic E-state index is 0.0914. The molecule has 0 radical (unpaired) electrons. The highest BCUT2D eigenvalue weighted by molar-refractivity contribution is 8.00. The summed E-state index contributed by atoms with van der Waals surface area (Å²) in [7, 11) is 0. The van der Waals surface area contributed by atoms with E-state index >= 15 is 4.39 Å². The fraction of sp³-hybridized carbons (Fsp3) is 0.233. The molecule has 0 bridgehead atoms. The second kappa shape index (κ2) is 11.2. The summed E-state index contributed by atoms with van der Waals surface area (Å²) in [5.74, 6) is 0.0144. The first-order valence-electron chi connectivity index (χ1n) is 12.6. The number of nitrogens with zero attached hydrogens (tertiary/aromatic N) is 3. The lowest BCUT2D eigenvalue weighted by atomic mass is 9.99. The predicted molar refractivity (Wildman–Crippen MR) is 150 cm³/mol. The zero-order valence-electron chi connectivity index (χ0n) is 21.3. The molecule has 8 heteroatoms. The maximum absolute atomic E-state index is 15.2. The summed E-state index contributed by atoms with van der Waals surface area (Å²) in [5, 5.41) is 7.41. The molecule has 0 fully saturated rings. The fourth-order valence-corrected chi connectivity index (χ4v) is 5.75. The summed E-state index contributed by atoms with van der Waals surface area (Å²) >= 11 is 1.35. The van der Waals surface area contributed by atoms with Crippen molar-refractivity contribution in [3.8, 4) is 16.9 Å². The first-order valence-corrected chi connectivity index (χ1v) is 13.7. The highest BCUT2D eigenvalue weighted by Gasteiger charge is 2.38. The van der Waals surface area contributed by atoms with Gasteiger partial charge in [-0.1, -0.05) is 80.6 Å². The molecule has 194 valence electrons. The second-order valence-electron chi connectivity index (χ2n) is 9.59. The van der Waals surface area contributed by atoms with Crippen LogP contribution in [0.2, 0.25) is 0 Å². The van der Waals surface area contributed by atoms with E-state index in [0.717, 1.165) is 11.3 Å². The zero-order chi connectivity index (χ0) is 26.6. The summed E-state index contributed by atoms with van der Waals surface area (Å²) in [5.41, 5.74) is 3.41. The van der Waals surface area contributed by atoms with Crippen LogP contribution in [0.15, 0.2) is 84.9 Å². The number of aromatic nitrogens is 2. The molecule has 1 unspecified atom stereocenters. The van der Waals surface area contributed by atoms with Gasteiger partial charge in [0.25, 0.3) is 0 Å². The predicted octanol–water partition coefficient (Wildman–Crippen LogP) is 5.62. The van der Waals surface area contributed by atoms with E-state index in [0.29, 0.717) is 29.2 Å². The molecule has 1 N–H and O–H groups in total. The van der Waals surface area contributed by atoms with Gasteiger partial charge in [0.05, 0.1) is 22.4 Å². The minimum atomic E-state index is -0.508. The van der Waals surface area contributed by atoms with Crippen molar-refractivity contribution in [1.82, 2.24) is 15.1 Å². The molecule has 0 saturated carbocycles. The maximum atomic E-state index is 15.2. The average Bonchev–Trinajstić information content (AvgIpc) is 3.26. The topological polar surface area (TPSA) is 67.2 Å². The van der Waals surface area contributed by atoms with Crippen molar-refractivity contribution >= 4 is 29.4 Å². The molecule has 5 rings (SSSR count). The van der Waals surface area contributed by atoms with Gasteiger partial charge in [-0.2, -0.15) is 5.10 Å². The Kier molecular flexibility index (Phi) is 7.60. The summed E-state index contributed by atoms with van der Waals surface area (Å²) in [6.45, 7) is 4.38. The zero-order valence-corrected chi connectivity index (χ0v) is 22.1. The van der Waals surface area contributed by atoms with E-state index in [2.05, 4.69) is 5.32 Å². The molecule has 0 spiro atoms. The van der Waals surface area contributed by atoms with Crippen molar-refractivity contribution in [3.05, 3.63) is 102 Å². The van der Waals surface area contributed by atoms with E-state index in [1.165, 1.54) is 22.7 Å². The minimum Gasteiger partial charge on any atom is -0.354 e. The van der Waals surface area contributed by atoms with Crippen LogP contribution >= 0.6 is 11.8 Å². The van der Waals surface area contributed by atoms with Crippen molar-refractivity contribution in [1.29, 1.82) is 0 Å². The lowest BCUT2D eigenvalue weighted by molar-refractivity contribution is -0.123. The van der Waals surface area contributed by atoms with Crippen LogP contribution in [-0.4, -0.2) is 40.4 Å². The Labute approximate surface area is 225 Å². The first kappa shape index (κ1) is 25.7. The van der Waals surface area contributed by atoms with Gasteiger partial charge >= 0.3 is 0 Å². The largest absolute Gasteiger partial charge is 0.354 e. The van der Waals surface area contributed by atoms with Gasteiger partial charge in [-0.05, 0) is 24.1 Å². The Bertz CT molecular complexity index is 1440. The monoisotopic (exact) mass is 528 g/mol. The Morgan fingerprint density at radius 3 is 2.37 bits per heavy atom. The number of hydrogen-bond donors (Lipinski definition) is 1. The smallest absolute Gasteiger partial charge is 0.240 e. The first-order chi connectivity index (χ1) is 18.4. The molecular formula is C30H29FN4O2S. The van der Waals surface area contributed by atoms with Gasteiger partial charge in [0.1, 0.15) is 18.2 Å². The van der Waals surface area contributed by atoms with E-state index < -0.39 is 5.25 Å². The standard InChI is InChI=1S/C30H29FN4O2S/c1-20(2)17-32-25(36)18-34-26(37)19-38-29(23-15-9-10-16-24(23)31)27-28(21-11-5-3-6-12-21)33-35(30(27)34)22-13-7-4-8-14-22/h3-16,20,29H,17-19H2,1-2H3,(H,32,36). The summed E-state index contributed by atoms with van der Waals surface area (Å²) in [4.78, 5) is 28.1. The third-order valence-electron chi connectivity index (χ3n) is 6.33. The number of hydrogen-bond acceptors (Lipinski definition) is 4. The molecule has 38 heavy (non-hydrogen) atoms. The molecule has 1 aromatic heterocycles. The van der Waals surface area contributed by atoms with Crippen LogP contribution < -0.4 is 10.2 Å². The molecule has 6 nitrogen and oxygen atoms in total. The van der Waals surface area contributed by atoms with E-state index in [1.54, 1.807) is 22.9 Å². The van der Waals surface area contributed by atoms with Crippen LogP contribution in [0.5, 0.6) is 0 Å². The third kappa shape index (κ3) is 5.22. The molecule has 0 aliphatic carbocycles. The van der Waals surface area contributed by atoms with E-state index in [4.69, 9.17) is 5.10 Å². The van der Waals surface area contributed by atoms with Crippen LogP contribution in [-0.2, 0) is 9.59 Å². The normalized spacial score (nSPS) is 15.3. The van der Waals surface area contributed by atoms with Gasteiger partial charge in [0.2, 0.25) is 11.8 Å². The van der Waals surface area contributed by atoms with Gasteiger partial charge in [-0.25, -0.2) is 9.07 Å². The SMILES string of the molecule is CC(C)CNC(=O)CN1C(=O)CSC(c2ccccc2F)c2c(-c3ccccc3)nn(-c3ccccc3)c21. The number of thioether (sulfide) groups is 1. The number of para-hydroxylation sites is 1. The summed E-state index contributed by atoms with van der Waals surface area (Å²) in [6.07, 6.45) is 0. The van der Waals surface area contributed by atoms with Crippen molar-refractivity contribution in [2.75, 3.05) is 23.7 Å². The molecule has 1 atom stereocenters. The number of fused-ring (bicyclic) bond motifs is 1. The molecule has 4 aromatic rings. The molecule has 2 heterocycles. The summed E-state index contributed by atoms with van der Waals surface area (Å²) in [6, 6.07) is 25.8. The van der Waals surface area contributed by atoms with Crippen molar-refractivity contribution in [3.63, 3.8) is 0 Å². The number of halogens is 1. The van der Waals surface area contributed by atoms with Crippen molar-refractivity contribution in [2.24, 2.45) is 5.92 Å². The second-order valence-corrected chi connectivity index (χ2v) is 10.7. The fourth-order valence-electron chi connectivity index (χ4n) is 4.53. The van der Waals surface area contributed by atoms with Crippen LogP contribution in [0.4, 0.5) is 10.2 Å². The number of carbonyl (C=O) groups is 2. The third-order valence-corrected chi connectivity index (χ3v) is 7.57. The van der Waals surface area contributed by atoms with E-state index in [-0.39, 0.29) is 35.8 Å². The van der Waals surface area contributed by atoms with Crippen molar-refractivity contribution in [2.45, 2.75) is 19.1 Å². The quantitative estimate of drug-likeness (QED) is 0.338. The van der Waals surface area contributed by atoms with Crippen LogP contribution in [0, 0.1) is 11.7 Å². The van der Waals surface area contributed by atoms with Gasteiger partial charge in [-0.3, -0.25) is 14.5 Å².